The van der Waals surface area contributed by atoms with Crippen LogP contribution >= 0.6 is 15.9 Å². The van der Waals surface area contributed by atoms with Gasteiger partial charge in [0.1, 0.15) is 12.4 Å². The van der Waals surface area contributed by atoms with Crippen molar-refractivity contribution in [2.75, 3.05) is 52.9 Å². The summed E-state index contributed by atoms with van der Waals surface area (Å²) < 4.78 is 20.9. The van der Waals surface area contributed by atoms with Crippen LogP contribution in [0, 0.1) is 11.8 Å². The van der Waals surface area contributed by atoms with Crippen molar-refractivity contribution in [3.63, 3.8) is 0 Å². The summed E-state index contributed by atoms with van der Waals surface area (Å²) in [6, 6.07) is 0. The summed E-state index contributed by atoms with van der Waals surface area (Å²) in [6.45, 7) is 4.73. The van der Waals surface area contributed by atoms with Crippen molar-refractivity contribution in [3.05, 3.63) is 0 Å². The van der Waals surface area contributed by atoms with Gasteiger partial charge in [-0.25, -0.2) is 0 Å². The molecule has 0 bridgehead atoms. The van der Waals surface area contributed by atoms with Crippen LogP contribution in [0.2, 0.25) is 0 Å². The number of ether oxygens (including phenoxy) is 4. The molecule has 3 unspecified atom stereocenters. The summed E-state index contributed by atoms with van der Waals surface area (Å²) in [6.07, 6.45) is 4.57. The number of rotatable bonds is 17. The first kappa shape index (κ1) is 25.5. The van der Waals surface area contributed by atoms with Gasteiger partial charge in [0, 0.05) is 23.6 Å². The molecule has 7 nitrogen and oxygen atoms in total. The molecule has 1 aliphatic rings. The molecule has 164 valence electrons. The van der Waals surface area contributed by atoms with Crippen molar-refractivity contribution in [2.45, 2.75) is 50.3 Å². The highest BCUT2D eigenvalue weighted by atomic mass is 79.9. The third kappa shape index (κ3) is 11.5. The molecule has 8 heteroatoms. The summed E-state index contributed by atoms with van der Waals surface area (Å²) in [4.78, 5) is 24.5. The van der Waals surface area contributed by atoms with E-state index in [2.05, 4.69) is 22.9 Å². The number of ketones is 1. The van der Waals surface area contributed by atoms with E-state index in [1.54, 1.807) is 0 Å². The standard InChI is InChI=1S/C20H35BrO7/c1-2-3-17(21)15-18-16(4-5-19(18)23)14-20(24)28-13-12-27-11-10-26-9-8-25-7-6-22/h16-18,22H,2-15H2,1H3. The van der Waals surface area contributed by atoms with Gasteiger partial charge in [0.2, 0.25) is 0 Å². The summed E-state index contributed by atoms with van der Waals surface area (Å²) >= 11 is 3.65. The first-order valence-electron chi connectivity index (χ1n) is 10.2. The fraction of sp³-hybridized carbons (Fsp3) is 0.900. The van der Waals surface area contributed by atoms with E-state index in [-0.39, 0.29) is 36.8 Å². The number of Topliss-reactive ketones (excluding diaryl/α,β-unsaturated/α-hetero) is 1. The average molecular weight is 467 g/mol. The Morgan fingerprint density at radius 2 is 1.71 bits per heavy atom. The molecule has 0 spiro atoms. The lowest BCUT2D eigenvalue weighted by Gasteiger charge is -2.20. The predicted octanol–water partition coefficient (Wildman–Crippen LogP) is 2.51. The van der Waals surface area contributed by atoms with Crippen LogP contribution in [-0.2, 0) is 28.5 Å². The van der Waals surface area contributed by atoms with Crippen LogP contribution in [0.25, 0.3) is 0 Å². The SMILES string of the molecule is CCCC(Br)CC1C(=O)CCC1CC(=O)OCCOCCOCCOCCO. The van der Waals surface area contributed by atoms with Crippen molar-refractivity contribution >= 4 is 27.7 Å². The predicted molar refractivity (Wildman–Crippen MR) is 109 cm³/mol. The number of aliphatic hydroxyl groups excluding tert-OH is 1. The van der Waals surface area contributed by atoms with Crippen LogP contribution in [0.1, 0.15) is 45.4 Å². The number of hydrogen-bond acceptors (Lipinski definition) is 7. The summed E-state index contributed by atoms with van der Waals surface area (Å²) in [5.41, 5.74) is 0. The van der Waals surface area contributed by atoms with Gasteiger partial charge in [-0.05, 0) is 25.2 Å². The molecular weight excluding hydrogens is 432 g/mol. The molecule has 0 aromatic carbocycles. The Bertz CT molecular complexity index is 433. The van der Waals surface area contributed by atoms with Gasteiger partial charge < -0.3 is 24.1 Å². The van der Waals surface area contributed by atoms with Crippen molar-refractivity contribution < 1.29 is 33.6 Å². The van der Waals surface area contributed by atoms with Crippen LogP contribution in [0.4, 0.5) is 0 Å². The number of alkyl halides is 1. The lowest BCUT2D eigenvalue weighted by atomic mass is 9.88. The molecule has 3 atom stereocenters. The van der Waals surface area contributed by atoms with Crippen LogP contribution in [-0.4, -0.2) is 74.5 Å². The minimum absolute atomic E-state index is 0.00935. The quantitative estimate of drug-likeness (QED) is 0.200. The summed E-state index contributed by atoms with van der Waals surface area (Å²) in [5.74, 6) is 0.0909. The highest BCUT2D eigenvalue weighted by Gasteiger charge is 2.36. The fourth-order valence-electron chi connectivity index (χ4n) is 3.35. The molecule has 28 heavy (non-hydrogen) atoms. The van der Waals surface area contributed by atoms with Gasteiger partial charge in [-0.15, -0.1) is 0 Å². The van der Waals surface area contributed by atoms with E-state index in [1.165, 1.54) is 0 Å². The maximum absolute atomic E-state index is 12.1. The molecule has 0 heterocycles. The van der Waals surface area contributed by atoms with Crippen LogP contribution in [0.3, 0.4) is 0 Å². The Labute approximate surface area is 176 Å². The monoisotopic (exact) mass is 466 g/mol. The number of aliphatic hydroxyl groups is 1. The molecule has 1 fully saturated rings. The van der Waals surface area contributed by atoms with E-state index in [1.807, 2.05) is 0 Å². The Kier molecular flexibility index (Phi) is 14.8. The summed E-state index contributed by atoms with van der Waals surface area (Å²) in [5, 5.41) is 8.55. The normalized spacial score (nSPS) is 20.5. The maximum atomic E-state index is 12.1. The average Bonchev–Trinajstić information content (AvgIpc) is 2.99. The van der Waals surface area contributed by atoms with Gasteiger partial charge in [-0.2, -0.15) is 0 Å². The largest absolute Gasteiger partial charge is 0.463 e. The van der Waals surface area contributed by atoms with Gasteiger partial charge >= 0.3 is 5.97 Å². The molecule has 1 aliphatic carbocycles. The summed E-state index contributed by atoms with van der Waals surface area (Å²) in [7, 11) is 0. The highest BCUT2D eigenvalue weighted by molar-refractivity contribution is 9.09. The Morgan fingerprint density at radius 1 is 1.11 bits per heavy atom. The van der Waals surface area contributed by atoms with E-state index in [0.29, 0.717) is 57.3 Å². The van der Waals surface area contributed by atoms with Crippen molar-refractivity contribution in [2.24, 2.45) is 11.8 Å². The van der Waals surface area contributed by atoms with Gasteiger partial charge in [0.15, 0.2) is 0 Å². The second-order valence-corrected chi connectivity index (χ2v) is 8.27. The minimum atomic E-state index is -0.257. The molecule has 0 saturated heterocycles. The number of carbonyl (C=O) groups is 2. The molecular formula is C20H35BrO7. The van der Waals surface area contributed by atoms with Crippen LogP contribution in [0.15, 0.2) is 0 Å². The van der Waals surface area contributed by atoms with Crippen LogP contribution in [0.5, 0.6) is 0 Å². The molecule has 0 aromatic rings. The van der Waals surface area contributed by atoms with Crippen LogP contribution < -0.4 is 0 Å². The van der Waals surface area contributed by atoms with E-state index in [9.17, 15) is 9.59 Å². The Hall–Kier alpha value is -0.540. The van der Waals surface area contributed by atoms with E-state index in [4.69, 9.17) is 24.1 Å². The first-order valence-corrected chi connectivity index (χ1v) is 11.2. The Morgan fingerprint density at radius 3 is 2.32 bits per heavy atom. The third-order valence-electron chi connectivity index (χ3n) is 4.75. The lowest BCUT2D eigenvalue weighted by Crippen LogP contribution is -2.22. The van der Waals surface area contributed by atoms with E-state index < -0.39 is 0 Å². The van der Waals surface area contributed by atoms with Crippen molar-refractivity contribution in [1.29, 1.82) is 0 Å². The molecule has 0 radical (unpaired) electrons. The molecule has 0 aromatic heterocycles. The van der Waals surface area contributed by atoms with Crippen molar-refractivity contribution in [3.8, 4) is 0 Å². The molecule has 1 saturated carbocycles. The second kappa shape index (κ2) is 16.3. The van der Waals surface area contributed by atoms with Gasteiger partial charge in [-0.3, -0.25) is 9.59 Å². The van der Waals surface area contributed by atoms with Crippen molar-refractivity contribution in [1.82, 2.24) is 0 Å². The topological polar surface area (TPSA) is 91.3 Å². The number of carbonyl (C=O) groups excluding carboxylic acids is 2. The third-order valence-corrected chi connectivity index (χ3v) is 5.59. The fourth-order valence-corrected chi connectivity index (χ4v) is 4.21. The molecule has 1 N–H and O–H groups in total. The number of esters is 1. The van der Waals surface area contributed by atoms with Gasteiger partial charge in [0.05, 0.1) is 46.2 Å². The zero-order valence-electron chi connectivity index (χ0n) is 16.9. The zero-order valence-corrected chi connectivity index (χ0v) is 18.5. The molecule has 0 aliphatic heterocycles. The number of hydrogen-bond donors (Lipinski definition) is 1. The lowest BCUT2D eigenvalue weighted by molar-refractivity contribution is -0.146. The zero-order chi connectivity index (χ0) is 20.6. The van der Waals surface area contributed by atoms with Gasteiger partial charge in [0.25, 0.3) is 0 Å². The Balaban J connectivity index is 2.07. The second-order valence-electron chi connectivity index (χ2n) is 6.98. The highest BCUT2D eigenvalue weighted by Crippen LogP contribution is 2.36. The molecule has 0 amide bonds. The first-order chi connectivity index (χ1) is 13.6. The van der Waals surface area contributed by atoms with Gasteiger partial charge in [-0.1, -0.05) is 29.3 Å². The van der Waals surface area contributed by atoms with E-state index >= 15 is 0 Å². The van der Waals surface area contributed by atoms with E-state index in [0.717, 1.165) is 25.7 Å². The number of halogens is 1. The minimum Gasteiger partial charge on any atom is -0.463 e. The molecule has 1 rings (SSSR count). The maximum Gasteiger partial charge on any atom is 0.306 e. The smallest absolute Gasteiger partial charge is 0.306 e.